The molecule has 0 aromatic heterocycles. The summed E-state index contributed by atoms with van der Waals surface area (Å²) < 4.78 is 0. The van der Waals surface area contributed by atoms with Crippen molar-refractivity contribution in [3.63, 3.8) is 0 Å². The normalized spacial score (nSPS) is 11.3. The summed E-state index contributed by atoms with van der Waals surface area (Å²) in [6.45, 7) is 2.65. The lowest BCUT2D eigenvalue weighted by Gasteiger charge is -2.06. The summed E-state index contributed by atoms with van der Waals surface area (Å²) in [4.78, 5) is 5.47. The van der Waals surface area contributed by atoms with E-state index in [-0.39, 0.29) is 0 Å². The monoisotopic (exact) mass is 252 g/mol. The summed E-state index contributed by atoms with van der Waals surface area (Å²) in [5.74, 6) is 0. The third-order valence-corrected chi connectivity index (χ3v) is 2.79. The molecule has 0 heterocycles. The van der Waals surface area contributed by atoms with Gasteiger partial charge in [-0.1, -0.05) is 73.1 Å². The minimum atomic E-state index is 0.507. The first-order valence-corrected chi connectivity index (χ1v) is 6.59. The van der Waals surface area contributed by atoms with Crippen molar-refractivity contribution < 1.29 is 4.84 Å². The van der Waals surface area contributed by atoms with Crippen molar-refractivity contribution in [2.24, 2.45) is 5.16 Å². The van der Waals surface area contributed by atoms with Gasteiger partial charge in [0.1, 0.15) is 6.61 Å². The molecule has 0 aliphatic carbocycles. The maximum absolute atomic E-state index is 5.47. The number of hydrogen-bond acceptors (Lipinski definition) is 2. The number of benzene rings is 2. The molecule has 97 valence electrons. The Bertz CT molecular complexity index is 505. The SMILES string of the molecule is CCC/C(=N/OCc1ccccc1)c1cc[c]cc1. The molecule has 2 aromatic carbocycles. The molecule has 1 radical (unpaired) electrons. The molecule has 2 aromatic rings. The number of hydrogen-bond donors (Lipinski definition) is 0. The fourth-order valence-corrected chi connectivity index (χ4v) is 1.82. The quantitative estimate of drug-likeness (QED) is 0.557. The van der Waals surface area contributed by atoms with Gasteiger partial charge in [-0.15, -0.1) is 0 Å². The molecule has 2 rings (SSSR count). The van der Waals surface area contributed by atoms with Crippen molar-refractivity contribution in [1.29, 1.82) is 0 Å². The zero-order valence-electron chi connectivity index (χ0n) is 11.2. The summed E-state index contributed by atoms with van der Waals surface area (Å²) in [5.41, 5.74) is 3.23. The summed E-state index contributed by atoms with van der Waals surface area (Å²) in [5, 5.41) is 4.28. The second-order valence-electron chi connectivity index (χ2n) is 4.34. The van der Waals surface area contributed by atoms with E-state index in [9.17, 15) is 0 Å². The number of rotatable bonds is 6. The van der Waals surface area contributed by atoms with Crippen LogP contribution in [0.5, 0.6) is 0 Å². The Balaban J connectivity index is 2.01. The van der Waals surface area contributed by atoms with Gasteiger partial charge in [-0.25, -0.2) is 0 Å². The van der Waals surface area contributed by atoms with E-state index in [1.165, 1.54) is 0 Å². The Morgan fingerprint density at radius 2 is 1.84 bits per heavy atom. The van der Waals surface area contributed by atoms with Crippen molar-refractivity contribution in [1.82, 2.24) is 0 Å². The molecule has 0 fully saturated rings. The van der Waals surface area contributed by atoms with Gasteiger partial charge >= 0.3 is 0 Å². The minimum Gasteiger partial charge on any atom is -0.391 e. The van der Waals surface area contributed by atoms with Crippen molar-refractivity contribution in [2.75, 3.05) is 0 Å². The molecule has 0 saturated carbocycles. The third kappa shape index (κ3) is 4.25. The molecule has 0 saturated heterocycles. The smallest absolute Gasteiger partial charge is 0.142 e. The average molecular weight is 252 g/mol. The molecule has 0 bridgehead atoms. The molecule has 2 heteroatoms. The Hall–Kier alpha value is -2.09. The molecular formula is C17H18NO. The van der Waals surface area contributed by atoms with Crippen LogP contribution in [0.2, 0.25) is 0 Å². The van der Waals surface area contributed by atoms with Crippen LogP contribution >= 0.6 is 0 Å². The van der Waals surface area contributed by atoms with Crippen molar-refractivity contribution in [2.45, 2.75) is 26.4 Å². The summed E-state index contributed by atoms with van der Waals surface area (Å²) in [6.07, 6.45) is 1.96. The van der Waals surface area contributed by atoms with Gasteiger partial charge in [-0.2, -0.15) is 0 Å². The maximum atomic E-state index is 5.47. The van der Waals surface area contributed by atoms with Crippen LogP contribution in [0.4, 0.5) is 0 Å². The van der Waals surface area contributed by atoms with Crippen LogP contribution in [0.15, 0.2) is 59.8 Å². The largest absolute Gasteiger partial charge is 0.391 e. The lowest BCUT2D eigenvalue weighted by molar-refractivity contribution is 0.130. The molecule has 0 amide bonds. The van der Waals surface area contributed by atoms with Crippen molar-refractivity contribution in [3.05, 3.63) is 71.8 Å². The Labute approximate surface area is 114 Å². The molecule has 0 unspecified atom stereocenters. The molecule has 0 N–H and O–H groups in total. The topological polar surface area (TPSA) is 21.6 Å². The molecule has 2 nitrogen and oxygen atoms in total. The second kappa shape index (κ2) is 7.37. The van der Waals surface area contributed by atoms with Gasteiger partial charge < -0.3 is 4.84 Å². The zero-order chi connectivity index (χ0) is 13.3. The van der Waals surface area contributed by atoms with Gasteiger partial charge in [0.05, 0.1) is 5.71 Å². The predicted octanol–water partition coefficient (Wildman–Crippen LogP) is 4.21. The van der Waals surface area contributed by atoms with Crippen LogP contribution in [0.25, 0.3) is 0 Å². The molecule has 0 aliphatic heterocycles. The fourth-order valence-electron chi connectivity index (χ4n) is 1.82. The lowest BCUT2D eigenvalue weighted by atomic mass is 10.1. The Morgan fingerprint density at radius 1 is 1.11 bits per heavy atom. The second-order valence-corrected chi connectivity index (χ2v) is 4.34. The fraction of sp³-hybridized carbons (Fsp3) is 0.235. The summed E-state index contributed by atoms with van der Waals surface area (Å²) in [7, 11) is 0. The van der Waals surface area contributed by atoms with E-state index in [4.69, 9.17) is 4.84 Å². The van der Waals surface area contributed by atoms with Crippen molar-refractivity contribution >= 4 is 5.71 Å². The van der Waals surface area contributed by atoms with Crippen LogP contribution in [-0.2, 0) is 11.4 Å². The van der Waals surface area contributed by atoms with Gasteiger partial charge in [0, 0.05) is 0 Å². The first-order chi connectivity index (χ1) is 9.40. The van der Waals surface area contributed by atoms with E-state index in [0.717, 1.165) is 29.7 Å². The van der Waals surface area contributed by atoms with E-state index in [2.05, 4.69) is 18.1 Å². The Kier molecular flexibility index (Phi) is 5.17. The highest BCUT2D eigenvalue weighted by Crippen LogP contribution is 2.08. The van der Waals surface area contributed by atoms with Gasteiger partial charge in [0.25, 0.3) is 0 Å². The first kappa shape index (κ1) is 13.3. The van der Waals surface area contributed by atoms with Gasteiger partial charge in [0.2, 0.25) is 0 Å². The molecular weight excluding hydrogens is 234 g/mol. The van der Waals surface area contributed by atoms with E-state index >= 15 is 0 Å². The van der Waals surface area contributed by atoms with Crippen molar-refractivity contribution in [3.8, 4) is 0 Å². The number of oxime groups is 1. The van der Waals surface area contributed by atoms with Gasteiger partial charge in [0.15, 0.2) is 0 Å². The van der Waals surface area contributed by atoms with Crippen LogP contribution in [0, 0.1) is 6.07 Å². The van der Waals surface area contributed by atoms with Crippen LogP contribution in [-0.4, -0.2) is 5.71 Å². The highest BCUT2D eigenvalue weighted by Gasteiger charge is 2.02. The van der Waals surface area contributed by atoms with E-state index in [1.54, 1.807) is 0 Å². The maximum Gasteiger partial charge on any atom is 0.142 e. The number of nitrogens with zero attached hydrogens (tertiary/aromatic N) is 1. The zero-order valence-corrected chi connectivity index (χ0v) is 11.2. The van der Waals surface area contributed by atoms with E-state index < -0.39 is 0 Å². The Morgan fingerprint density at radius 3 is 2.53 bits per heavy atom. The van der Waals surface area contributed by atoms with Crippen LogP contribution < -0.4 is 0 Å². The van der Waals surface area contributed by atoms with E-state index in [1.807, 2.05) is 54.6 Å². The van der Waals surface area contributed by atoms with E-state index in [0.29, 0.717) is 6.61 Å². The third-order valence-electron chi connectivity index (χ3n) is 2.79. The highest BCUT2D eigenvalue weighted by molar-refractivity contribution is 6.00. The summed E-state index contributed by atoms with van der Waals surface area (Å²) >= 11 is 0. The standard InChI is InChI=1S/C17H18NO/c1-2-9-17(16-12-7-4-8-13-16)18-19-14-15-10-5-3-6-11-15/h3,5-8,10-13H,2,9,14H2,1H3/b18-17-. The van der Waals surface area contributed by atoms with Gasteiger partial charge in [-0.3, -0.25) is 0 Å². The van der Waals surface area contributed by atoms with Gasteiger partial charge in [-0.05, 0) is 23.6 Å². The first-order valence-electron chi connectivity index (χ1n) is 6.59. The average Bonchev–Trinajstić information content (AvgIpc) is 2.48. The molecule has 0 aliphatic rings. The molecule has 0 atom stereocenters. The molecule has 0 spiro atoms. The lowest BCUT2D eigenvalue weighted by Crippen LogP contribution is -2.01. The summed E-state index contributed by atoms with van der Waals surface area (Å²) in [6, 6.07) is 20.9. The van der Waals surface area contributed by atoms with Crippen LogP contribution in [0.1, 0.15) is 30.9 Å². The minimum absolute atomic E-state index is 0.507. The highest BCUT2D eigenvalue weighted by atomic mass is 16.6. The molecule has 19 heavy (non-hydrogen) atoms. The van der Waals surface area contributed by atoms with Crippen LogP contribution in [0.3, 0.4) is 0 Å². The predicted molar refractivity (Wildman–Crippen MR) is 78.0 cm³/mol.